The van der Waals surface area contributed by atoms with Crippen LogP contribution >= 0.6 is 0 Å². The third-order valence-corrected chi connectivity index (χ3v) is 7.09. The number of rotatable bonds is 11. The van der Waals surface area contributed by atoms with Gasteiger partial charge in [-0.1, -0.05) is 30.3 Å². The highest BCUT2D eigenvalue weighted by molar-refractivity contribution is 5.80. The molecule has 0 aliphatic carbocycles. The molecule has 2 heterocycles. The normalized spacial score (nSPS) is 14.5. The Balaban J connectivity index is 0.000000402. The number of benzene rings is 2. The Labute approximate surface area is 269 Å². The van der Waals surface area contributed by atoms with Gasteiger partial charge >= 0.3 is 18.2 Å². The van der Waals surface area contributed by atoms with Gasteiger partial charge in [0.25, 0.3) is 5.56 Å². The second-order valence-corrected chi connectivity index (χ2v) is 11.7. The zero-order chi connectivity index (χ0) is 33.5. The average molecular weight is 639 g/mol. The molecule has 1 saturated heterocycles. The summed E-state index contributed by atoms with van der Waals surface area (Å²) in [6, 6.07) is 18.3. The highest BCUT2D eigenvalue weighted by Crippen LogP contribution is 2.22. The molecule has 0 spiro atoms. The molecular formula is C34H46N4O8. The Kier molecular flexibility index (Phi) is 13.9. The highest BCUT2D eigenvalue weighted by atomic mass is 16.6. The Hall–Kier alpha value is -4.58. The number of likely N-dealkylation sites (tertiary alicyclic amines) is 1. The lowest BCUT2D eigenvalue weighted by Crippen LogP contribution is -2.39. The van der Waals surface area contributed by atoms with E-state index in [4.69, 9.17) is 18.9 Å². The lowest BCUT2D eigenvalue weighted by molar-refractivity contribution is -0.145. The van der Waals surface area contributed by atoms with Crippen LogP contribution in [0.2, 0.25) is 0 Å². The van der Waals surface area contributed by atoms with E-state index in [9.17, 15) is 19.2 Å². The highest BCUT2D eigenvalue weighted by Gasteiger charge is 2.31. The zero-order valence-electron chi connectivity index (χ0n) is 27.4. The Morgan fingerprint density at radius 2 is 1.72 bits per heavy atom. The molecule has 2 N–H and O–H groups in total. The van der Waals surface area contributed by atoms with E-state index in [1.54, 1.807) is 16.7 Å². The summed E-state index contributed by atoms with van der Waals surface area (Å²) in [6.45, 7) is 8.48. The number of nitrogens with zero attached hydrogens (tertiary/aromatic N) is 2. The first-order valence-electron chi connectivity index (χ1n) is 15.4. The van der Waals surface area contributed by atoms with E-state index in [-0.39, 0.29) is 17.6 Å². The summed E-state index contributed by atoms with van der Waals surface area (Å²) in [7, 11) is 2.94. The van der Waals surface area contributed by atoms with Crippen LogP contribution in [-0.4, -0.2) is 79.7 Å². The summed E-state index contributed by atoms with van der Waals surface area (Å²) in [5, 5.41) is 6.02. The monoisotopic (exact) mass is 638 g/mol. The van der Waals surface area contributed by atoms with Crippen molar-refractivity contribution >= 4 is 29.1 Å². The quantitative estimate of drug-likeness (QED) is 0.177. The molecule has 2 amide bonds. The van der Waals surface area contributed by atoms with Gasteiger partial charge in [-0.15, -0.1) is 0 Å². The number of esters is 1. The minimum atomic E-state index is -0.531. The number of carbonyl (C=O) groups is 3. The van der Waals surface area contributed by atoms with Crippen LogP contribution in [0.1, 0.15) is 45.6 Å². The Morgan fingerprint density at radius 1 is 0.978 bits per heavy atom. The van der Waals surface area contributed by atoms with Crippen molar-refractivity contribution in [1.82, 2.24) is 20.1 Å². The van der Waals surface area contributed by atoms with Crippen LogP contribution in [-0.2, 0) is 32.2 Å². The predicted octanol–water partition coefficient (Wildman–Crippen LogP) is 4.48. The zero-order valence-corrected chi connectivity index (χ0v) is 27.4. The van der Waals surface area contributed by atoms with Crippen LogP contribution in [0.5, 0.6) is 5.75 Å². The van der Waals surface area contributed by atoms with Crippen molar-refractivity contribution in [2.75, 3.05) is 40.4 Å². The Morgan fingerprint density at radius 3 is 2.41 bits per heavy atom. The molecule has 250 valence electrons. The van der Waals surface area contributed by atoms with Gasteiger partial charge in [-0.2, -0.15) is 0 Å². The second kappa shape index (κ2) is 17.8. The molecule has 12 heteroatoms. The van der Waals surface area contributed by atoms with E-state index in [2.05, 4.69) is 15.5 Å². The number of fused-ring (bicyclic) bond motifs is 1. The molecule has 46 heavy (non-hydrogen) atoms. The van der Waals surface area contributed by atoms with Gasteiger partial charge in [0.05, 0.1) is 19.2 Å². The van der Waals surface area contributed by atoms with E-state index in [0.29, 0.717) is 45.0 Å². The van der Waals surface area contributed by atoms with Crippen LogP contribution in [0.15, 0.2) is 65.5 Å². The van der Waals surface area contributed by atoms with Gasteiger partial charge in [0.2, 0.25) is 0 Å². The summed E-state index contributed by atoms with van der Waals surface area (Å²) in [4.78, 5) is 49.1. The van der Waals surface area contributed by atoms with Gasteiger partial charge in [-0.3, -0.25) is 14.5 Å². The van der Waals surface area contributed by atoms with Crippen LogP contribution in [0.25, 0.3) is 10.9 Å². The molecule has 1 aliphatic heterocycles. The van der Waals surface area contributed by atoms with Crippen molar-refractivity contribution in [3.8, 4) is 5.75 Å². The first-order valence-corrected chi connectivity index (χ1v) is 15.4. The van der Waals surface area contributed by atoms with E-state index in [1.165, 1.54) is 14.2 Å². The van der Waals surface area contributed by atoms with Gasteiger partial charge in [-0.05, 0) is 75.7 Å². The lowest BCUT2D eigenvalue weighted by Gasteiger charge is -2.23. The van der Waals surface area contributed by atoms with Gasteiger partial charge < -0.3 is 34.1 Å². The van der Waals surface area contributed by atoms with Crippen LogP contribution in [0.4, 0.5) is 9.59 Å². The average Bonchev–Trinajstić information content (AvgIpc) is 3.51. The first-order chi connectivity index (χ1) is 22.0. The molecule has 1 atom stereocenters. The fourth-order valence-corrected chi connectivity index (χ4v) is 4.88. The number of hydrogen-bond donors (Lipinski definition) is 2. The number of nitrogens with one attached hydrogen (secondary N) is 2. The summed E-state index contributed by atoms with van der Waals surface area (Å²) >= 11 is 0. The molecule has 0 radical (unpaired) electrons. The number of aromatic nitrogens is 1. The number of hydrogen-bond acceptors (Lipinski definition) is 9. The fraction of sp³-hybridized carbons (Fsp3) is 0.471. The van der Waals surface area contributed by atoms with Gasteiger partial charge in [-0.25, -0.2) is 9.59 Å². The van der Waals surface area contributed by atoms with E-state index >= 15 is 0 Å². The number of alkyl carbamates (subject to hydrolysis) is 2. The minimum Gasteiger partial charge on any atom is -0.493 e. The van der Waals surface area contributed by atoms with Crippen molar-refractivity contribution in [1.29, 1.82) is 0 Å². The molecule has 1 fully saturated rings. The molecular weight excluding hydrogens is 592 g/mol. The predicted molar refractivity (Wildman–Crippen MR) is 175 cm³/mol. The molecule has 2 aromatic carbocycles. The third-order valence-electron chi connectivity index (χ3n) is 7.09. The van der Waals surface area contributed by atoms with Gasteiger partial charge in [0, 0.05) is 38.8 Å². The SMILES string of the molecule is CNC(=O)OCc1ccccc1.COC(=O)[C@@H]1CCCN1CCn1c(=O)ccc2ccc(OCCCNC(=O)OC(C)(C)C)cc21. The third kappa shape index (κ3) is 11.7. The molecule has 0 saturated carbocycles. The van der Waals surface area contributed by atoms with Crippen molar-refractivity contribution in [3.63, 3.8) is 0 Å². The molecule has 0 unspecified atom stereocenters. The van der Waals surface area contributed by atoms with Crippen molar-refractivity contribution in [2.24, 2.45) is 0 Å². The second-order valence-electron chi connectivity index (χ2n) is 11.7. The van der Waals surface area contributed by atoms with E-state index in [0.717, 1.165) is 35.9 Å². The van der Waals surface area contributed by atoms with Crippen LogP contribution in [0.3, 0.4) is 0 Å². The number of pyridine rings is 1. The van der Waals surface area contributed by atoms with Gasteiger partial charge in [0.15, 0.2) is 0 Å². The van der Waals surface area contributed by atoms with Crippen molar-refractivity contribution in [2.45, 2.75) is 64.8 Å². The number of amides is 2. The largest absolute Gasteiger partial charge is 0.493 e. The lowest BCUT2D eigenvalue weighted by atomic mass is 10.2. The van der Waals surface area contributed by atoms with Crippen LogP contribution < -0.4 is 20.9 Å². The molecule has 3 aromatic rings. The maximum Gasteiger partial charge on any atom is 0.407 e. The smallest absolute Gasteiger partial charge is 0.407 e. The molecule has 0 bridgehead atoms. The standard InChI is InChI=1S/C25H35N3O6.C9H11NO2/c1-25(2,3)34-24(31)26-12-6-16-33-19-10-8-18-9-11-22(29)28(21(18)17-19)15-14-27-13-5-7-20(27)23(30)32-4;1-10-9(11)12-7-8-5-3-2-4-6-8/h8-11,17,20H,5-7,12-16H2,1-4H3,(H,26,31);2-6H,7H2,1H3,(H,10,11)/t20-;/m0./s1. The summed E-state index contributed by atoms with van der Waals surface area (Å²) in [5.41, 5.74) is 1.14. The molecule has 12 nitrogen and oxygen atoms in total. The maximum atomic E-state index is 12.6. The molecule has 4 rings (SSSR count). The Bertz CT molecular complexity index is 1490. The summed E-state index contributed by atoms with van der Waals surface area (Å²) in [5.74, 6) is 0.428. The van der Waals surface area contributed by atoms with Crippen molar-refractivity contribution < 1.29 is 33.3 Å². The molecule has 1 aromatic heterocycles. The number of ether oxygens (including phenoxy) is 4. The number of methoxy groups -OCH3 is 1. The number of carbonyl (C=O) groups excluding carboxylic acids is 3. The first kappa shape index (κ1) is 35.9. The van der Waals surface area contributed by atoms with E-state index < -0.39 is 17.8 Å². The van der Waals surface area contributed by atoms with Crippen LogP contribution in [0, 0.1) is 0 Å². The maximum absolute atomic E-state index is 12.6. The minimum absolute atomic E-state index is 0.0972. The van der Waals surface area contributed by atoms with Gasteiger partial charge in [0.1, 0.15) is 24.0 Å². The molecule has 1 aliphatic rings. The van der Waals surface area contributed by atoms with Crippen molar-refractivity contribution in [3.05, 3.63) is 76.6 Å². The fourth-order valence-electron chi connectivity index (χ4n) is 4.88. The summed E-state index contributed by atoms with van der Waals surface area (Å²) < 4.78 is 22.5. The van der Waals surface area contributed by atoms with E-state index in [1.807, 2.05) is 69.3 Å². The summed E-state index contributed by atoms with van der Waals surface area (Å²) in [6.07, 6.45) is 1.47. The topological polar surface area (TPSA) is 137 Å².